The van der Waals surface area contributed by atoms with Gasteiger partial charge < -0.3 is 10.2 Å². The first-order valence-corrected chi connectivity index (χ1v) is 7.72. The van der Waals surface area contributed by atoms with E-state index in [0.29, 0.717) is 39.2 Å². The first kappa shape index (κ1) is 18.4. The van der Waals surface area contributed by atoms with Crippen molar-refractivity contribution in [3.63, 3.8) is 0 Å². The van der Waals surface area contributed by atoms with Crippen molar-refractivity contribution < 1.29 is 4.79 Å². The maximum atomic E-state index is 12.4. The van der Waals surface area contributed by atoms with Gasteiger partial charge in [-0.3, -0.25) is 4.79 Å². The van der Waals surface area contributed by atoms with Gasteiger partial charge in [0.15, 0.2) is 0 Å². The molecule has 5 nitrogen and oxygen atoms in total. The Balaban J connectivity index is 0.00000208. The van der Waals surface area contributed by atoms with Crippen LogP contribution in [0, 0.1) is 0 Å². The highest BCUT2D eigenvalue weighted by Gasteiger charge is 2.13. The summed E-state index contributed by atoms with van der Waals surface area (Å²) in [6.45, 7) is 1.36. The molecule has 0 spiro atoms. The lowest BCUT2D eigenvalue weighted by molar-refractivity contribution is 0.0952. The van der Waals surface area contributed by atoms with E-state index in [1.807, 2.05) is 37.2 Å². The summed E-state index contributed by atoms with van der Waals surface area (Å²) in [5.74, 6) is -0.145. The van der Waals surface area contributed by atoms with Crippen molar-refractivity contribution in [3.8, 4) is 0 Å². The Hall–Kier alpha value is -1.95. The molecule has 0 saturated carbocycles. The summed E-state index contributed by atoms with van der Waals surface area (Å²) in [5, 5.41) is 3.46. The first-order valence-electron chi connectivity index (χ1n) is 7.34. The van der Waals surface area contributed by atoms with Crippen molar-refractivity contribution in [2.45, 2.75) is 0 Å². The number of nitrogens with one attached hydrogen (secondary N) is 1. The third-order valence-electron chi connectivity index (χ3n) is 3.53. The fourth-order valence-corrected chi connectivity index (χ4v) is 2.57. The van der Waals surface area contributed by atoms with E-state index in [4.69, 9.17) is 11.6 Å². The predicted molar refractivity (Wildman–Crippen MR) is 100 cm³/mol. The minimum absolute atomic E-state index is 0. The number of aromatic nitrogens is 2. The van der Waals surface area contributed by atoms with E-state index in [-0.39, 0.29) is 18.3 Å². The van der Waals surface area contributed by atoms with Crippen LogP contribution >= 0.6 is 24.0 Å². The molecule has 3 aromatic rings. The average Bonchev–Trinajstić information content (AvgIpc) is 2.52. The second kappa shape index (κ2) is 7.75. The number of fused-ring (bicyclic) bond motifs is 2. The summed E-state index contributed by atoms with van der Waals surface area (Å²) in [7, 11) is 3.93. The van der Waals surface area contributed by atoms with Gasteiger partial charge >= 0.3 is 0 Å². The van der Waals surface area contributed by atoms with E-state index >= 15 is 0 Å². The van der Waals surface area contributed by atoms with Crippen LogP contribution in [0.4, 0.5) is 0 Å². The molecular weight excluding hydrogens is 347 g/mol. The van der Waals surface area contributed by atoms with Crippen LogP contribution in [-0.4, -0.2) is 48.0 Å². The molecule has 1 N–H and O–H groups in total. The number of para-hydroxylation sites is 2. The van der Waals surface area contributed by atoms with E-state index in [1.165, 1.54) is 0 Å². The lowest BCUT2D eigenvalue weighted by atomic mass is 10.1. The summed E-state index contributed by atoms with van der Waals surface area (Å²) in [5.41, 5.74) is 3.09. The van der Waals surface area contributed by atoms with E-state index in [0.717, 1.165) is 6.54 Å². The number of benzene rings is 2. The summed E-state index contributed by atoms with van der Waals surface area (Å²) < 4.78 is 0. The minimum Gasteiger partial charge on any atom is -0.351 e. The summed E-state index contributed by atoms with van der Waals surface area (Å²) >= 11 is 6.17. The molecular formula is C17H18Cl2N4O. The van der Waals surface area contributed by atoms with Gasteiger partial charge in [-0.15, -0.1) is 12.4 Å². The van der Waals surface area contributed by atoms with Gasteiger partial charge in [-0.05, 0) is 38.4 Å². The standard InChI is InChI=1S/C17H17ClN4O.ClH/c1-22(2)10-9-19-17(23)11-5-3-7-13-15(11)20-14-8-4-6-12(18)16(14)21-13;/h3-8H,9-10H2,1-2H3,(H,19,23);1H. The predicted octanol–water partition coefficient (Wildman–Crippen LogP) is 3.15. The number of amides is 1. The van der Waals surface area contributed by atoms with E-state index in [1.54, 1.807) is 18.2 Å². The second-order valence-electron chi connectivity index (χ2n) is 5.56. The van der Waals surface area contributed by atoms with E-state index in [2.05, 4.69) is 15.3 Å². The van der Waals surface area contributed by atoms with Crippen LogP contribution in [0.5, 0.6) is 0 Å². The molecule has 1 amide bonds. The number of carbonyl (C=O) groups is 1. The molecule has 24 heavy (non-hydrogen) atoms. The molecule has 3 rings (SSSR count). The van der Waals surface area contributed by atoms with Crippen molar-refractivity contribution in [1.82, 2.24) is 20.2 Å². The Bertz CT molecular complexity index is 883. The summed E-state index contributed by atoms with van der Waals surface area (Å²) in [4.78, 5) is 23.6. The molecule has 0 fully saturated rings. The van der Waals surface area contributed by atoms with Crippen molar-refractivity contribution in [1.29, 1.82) is 0 Å². The number of hydrogen-bond acceptors (Lipinski definition) is 4. The number of rotatable bonds is 4. The number of likely N-dealkylation sites (N-methyl/N-ethyl adjacent to an activating group) is 1. The summed E-state index contributed by atoms with van der Waals surface area (Å²) in [6, 6.07) is 10.8. The van der Waals surface area contributed by atoms with Crippen LogP contribution in [0.25, 0.3) is 22.1 Å². The molecule has 1 aromatic heterocycles. The number of halogens is 2. The molecule has 0 radical (unpaired) electrons. The number of nitrogens with zero attached hydrogens (tertiary/aromatic N) is 3. The Kier molecular flexibility index (Phi) is 5.94. The maximum absolute atomic E-state index is 12.4. The molecule has 7 heteroatoms. The van der Waals surface area contributed by atoms with E-state index in [9.17, 15) is 4.79 Å². The molecule has 0 aliphatic rings. The Labute approximate surface area is 151 Å². The van der Waals surface area contributed by atoms with Crippen LogP contribution in [0.2, 0.25) is 5.02 Å². The molecule has 0 aliphatic carbocycles. The Morgan fingerprint density at radius 1 is 1.08 bits per heavy atom. The second-order valence-corrected chi connectivity index (χ2v) is 5.97. The van der Waals surface area contributed by atoms with Crippen molar-refractivity contribution >= 4 is 52.0 Å². The lowest BCUT2D eigenvalue weighted by Crippen LogP contribution is -2.31. The zero-order valence-electron chi connectivity index (χ0n) is 13.4. The van der Waals surface area contributed by atoms with Gasteiger partial charge in [-0.2, -0.15) is 0 Å². The zero-order chi connectivity index (χ0) is 16.4. The van der Waals surface area contributed by atoms with Crippen LogP contribution in [0.1, 0.15) is 10.4 Å². The van der Waals surface area contributed by atoms with Crippen molar-refractivity contribution in [3.05, 3.63) is 47.0 Å². The van der Waals surface area contributed by atoms with E-state index < -0.39 is 0 Å². The Morgan fingerprint density at radius 3 is 2.42 bits per heavy atom. The molecule has 0 aliphatic heterocycles. The third kappa shape index (κ3) is 3.75. The van der Waals surface area contributed by atoms with Gasteiger partial charge in [0, 0.05) is 13.1 Å². The SMILES string of the molecule is CN(C)CCNC(=O)c1cccc2nc3c(Cl)cccc3nc12.Cl. The number of hydrogen-bond donors (Lipinski definition) is 1. The van der Waals surface area contributed by atoms with Gasteiger partial charge in [-0.25, -0.2) is 9.97 Å². The third-order valence-corrected chi connectivity index (χ3v) is 3.84. The zero-order valence-corrected chi connectivity index (χ0v) is 15.0. The van der Waals surface area contributed by atoms with Gasteiger partial charge in [0.05, 0.1) is 21.6 Å². The van der Waals surface area contributed by atoms with Crippen LogP contribution in [-0.2, 0) is 0 Å². The molecule has 126 valence electrons. The fraction of sp³-hybridized carbons (Fsp3) is 0.235. The molecule has 0 atom stereocenters. The molecule has 2 aromatic carbocycles. The fourth-order valence-electron chi connectivity index (χ4n) is 2.36. The smallest absolute Gasteiger partial charge is 0.253 e. The number of carbonyl (C=O) groups excluding carboxylic acids is 1. The molecule has 0 saturated heterocycles. The maximum Gasteiger partial charge on any atom is 0.253 e. The Morgan fingerprint density at radius 2 is 1.71 bits per heavy atom. The largest absolute Gasteiger partial charge is 0.351 e. The first-order chi connectivity index (χ1) is 11.1. The summed E-state index contributed by atoms with van der Waals surface area (Å²) in [6.07, 6.45) is 0. The van der Waals surface area contributed by atoms with Gasteiger partial charge in [-0.1, -0.05) is 23.7 Å². The highest BCUT2D eigenvalue weighted by molar-refractivity contribution is 6.35. The van der Waals surface area contributed by atoms with Crippen LogP contribution < -0.4 is 5.32 Å². The van der Waals surface area contributed by atoms with Gasteiger partial charge in [0.25, 0.3) is 5.91 Å². The minimum atomic E-state index is -0.145. The quantitative estimate of drug-likeness (QED) is 0.722. The van der Waals surface area contributed by atoms with Crippen LogP contribution in [0.3, 0.4) is 0 Å². The normalized spacial score (nSPS) is 10.8. The van der Waals surface area contributed by atoms with Gasteiger partial charge in [0.1, 0.15) is 11.0 Å². The highest BCUT2D eigenvalue weighted by atomic mass is 35.5. The topological polar surface area (TPSA) is 58.1 Å². The molecule has 0 unspecified atom stereocenters. The highest BCUT2D eigenvalue weighted by Crippen LogP contribution is 2.24. The van der Waals surface area contributed by atoms with Gasteiger partial charge in [0.2, 0.25) is 0 Å². The molecule has 0 bridgehead atoms. The molecule has 1 heterocycles. The van der Waals surface area contributed by atoms with Crippen LogP contribution in [0.15, 0.2) is 36.4 Å². The van der Waals surface area contributed by atoms with Crippen molar-refractivity contribution in [2.24, 2.45) is 0 Å². The monoisotopic (exact) mass is 364 g/mol. The van der Waals surface area contributed by atoms with Crippen molar-refractivity contribution in [2.75, 3.05) is 27.2 Å². The lowest BCUT2D eigenvalue weighted by Gasteiger charge is -2.11. The average molecular weight is 365 g/mol.